The van der Waals surface area contributed by atoms with Crippen LogP contribution in [0.2, 0.25) is 5.02 Å². The third kappa shape index (κ3) is 5.16. The fourth-order valence-corrected chi connectivity index (χ4v) is 3.77. The molecule has 0 saturated heterocycles. The highest BCUT2D eigenvalue weighted by Gasteiger charge is 2.13. The normalized spacial score (nSPS) is 10.5. The van der Waals surface area contributed by atoms with E-state index < -0.39 is 0 Å². The number of hydrogen-bond acceptors (Lipinski definition) is 4. The lowest BCUT2D eigenvalue weighted by atomic mass is 10.2. The maximum absolute atomic E-state index is 6.24. The lowest BCUT2D eigenvalue weighted by Gasteiger charge is -2.17. The zero-order valence-corrected chi connectivity index (χ0v) is 19.9. The first kappa shape index (κ1) is 21.6. The van der Waals surface area contributed by atoms with E-state index in [1.807, 2.05) is 72.8 Å². The number of thiocarbonyl (C=S) groups is 1. The Hall–Kier alpha value is -2.65. The Morgan fingerprint density at radius 3 is 2.26 bits per heavy atom. The van der Waals surface area contributed by atoms with Crippen molar-refractivity contribution in [2.75, 3.05) is 10.6 Å². The van der Waals surface area contributed by atoms with Crippen molar-refractivity contribution in [1.29, 1.82) is 0 Å². The number of benzene rings is 3. The summed E-state index contributed by atoms with van der Waals surface area (Å²) in [7, 11) is 0. The molecular formula is C22H15BrClN5S2. The molecule has 3 aromatic carbocycles. The third-order valence-corrected chi connectivity index (χ3v) is 5.62. The third-order valence-electron chi connectivity index (χ3n) is 4.28. The first-order valence-corrected chi connectivity index (χ1v) is 11.1. The molecule has 0 unspecified atom stereocenters. The van der Waals surface area contributed by atoms with Crippen LogP contribution in [-0.4, -0.2) is 19.6 Å². The summed E-state index contributed by atoms with van der Waals surface area (Å²) in [6.07, 6.45) is 0. The summed E-state index contributed by atoms with van der Waals surface area (Å²) in [5, 5.41) is 7.13. The van der Waals surface area contributed by atoms with Gasteiger partial charge in [0.25, 0.3) is 0 Å². The smallest absolute Gasteiger partial charge is 0.218 e. The molecule has 0 saturated carbocycles. The van der Waals surface area contributed by atoms with Crippen molar-refractivity contribution < 1.29 is 0 Å². The maximum Gasteiger partial charge on any atom is 0.218 e. The van der Waals surface area contributed by atoms with Crippen LogP contribution in [0.5, 0.6) is 0 Å². The van der Waals surface area contributed by atoms with E-state index in [9.17, 15) is 0 Å². The Kier molecular flexibility index (Phi) is 6.72. The summed E-state index contributed by atoms with van der Waals surface area (Å²) in [6.45, 7) is 0. The van der Waals surface area contributed by atoms with Crippen LogP contribution in [0.25, 0.3) is 17.1 Å². The summed E-state index contributed by atoms with van der Waals surface area (Å²) >= 11 is 20.8. The molecule has 0 aliphatic heterocycles. The molecule has 0 radical (unpaired) electrons. The summed E-state index contributed by atoms with van der Waals surface area (Å²) in [4.78, 5) is 9.25. The Balaban J connectivity index is 1.76. The summed E-state index contributed by atoms with van der Waals surface area (Å²) in [6, 6.07) is 24.7. The Labute approximate surface area is 203 Å². The second kappa shape index (κ2) is 9.65. The number of rotatable bonds is 4. The topological polar surface area (TPSA) is 54.8 Å². The average molecular weight is 529 g/mol. The zero-order valence-electron chi connectivity index (χ0n) is 15.9. The van der Waals surface area contributed by atoms with Gasteiger partial charge in [-0.15, -0.1) is 0 Å². The van der Waals surface area contributed by atoms with Crippen LogP contribution >= 0.6 is 52.0 Å². The van der Waals surface area contributed by atoms with Gasteiger partial charge in [0.15, 0.2) is 10.9 Å². The molecule has 1 aromatic heterocycles. The van der Waals surface area contributed by atoms with Gasteiger partial charge < -0.3 is 10.6 Å². The van der Waals surface area contributed by atoms with Crippen LogP contribution < -0.4 is 10.6 Å². The van der Waals surface area contributed by atoms with Crippen LogP contribution in [-0.2, 0) is 0 Å². The van der Waals surface area contributed by atoms with Crippen LogP contribution in [0.15, 0.2) is 83.3 Å². The molecular weight excluding hydrogens is 514 g/mol. The fourth-order valence-electron chi connectivity index (χ4n) is 2.85. The minimum Gasteiger partial charge on any atom is -0.331 e. The van der Waals surface area contributed by atoms with Crippen molar-refractivity contribution >= 4 is 68.7 Å². The SMILES string of the molecule is S=C(Nc1ccccc1Cl)Nc1nc(-c2ccccc2)nc(=S)n1-c1ccc(Br)cc1. The molecule has 4 aromatic rings. The van der Waals surface area contributed by atoms with E-state index in [0.29, 0.717) is 32.4 Å². The van der Waals surface area contributed by atoms with Crippen LogP contribution in [0.1, 0.15) is 0 Å². The van der Waals surface area contributed by atoms with E-state index in [-0.39, 0.29) is 0 Å². The molecule has 0 spiro atoms. The molecule has 4 rings (SSSR count). The van der Waals surface area contributed by atoms with E-state index >= 15 is 0 Å². The Bertz CT molecular complexity index is 1290. The van der Waals surface area contributed by atoms with Gasteiger partial charge in [-0.25, -0.2) is 0 Å². The first-order valence-electron chi connectivity index (χ1n) is 9.16. The number of aromatic nitrogens is 3. The number of hydrogen-bond donors (Lipinski definition) is 2. The van der Waals surface area contributed by atoms with Crippen molar-refractivity contribution in [3.63, 3.8) is 0 Å². The summed E-state index contributed by atoms with van der Waals surface area (Å²) in [5.74, 6) is 0.938. The highest BCUT2D eigenvalue weighted by molar-refractivity contribution is 9.10. The van der Waals surface area contributed by atoms with E-state index in [2.05, 4.69) is 31.5 Å². The molecule has 0 fully saturated rings. The van der Waals surface area contributed by atoms with Gasteiger partial charge in [-0.2, -0.15) is 9.97 Å². The molecule has 9 heteroatoms. The lowest BCUT2D eigenvalue weighted by molar-refractivity contribution is 0.914. The van der Waals surface area contributed by atoms with Crippen LogP contribution in [0, 0.1) is 4.77 Å². The molecule has 0 aliphatic rings. The van der Waals surface area contributed by atoms with Crippen LogP contribution in [0.3, 0.4) is 0 Å². The maximum atomic E-state index is 6.24. The number of nitrogens with zero attached hydrogens (tertiary/aromatic N) is 3. The molecule has 5 nitrogen and oxygen atoms in total. The molecule has 2 N–H and O–H groups in total. The van der Waals surface area contributed by atoms with Gasteiger partial charge in [0.1, 0.15) is 0 Å². The summed E-state index contributed by atoms with van der Waals surface area (Å²) < 4.78 is 3.03. The predicted octanol–water partition coefficient (Wildman–Crippen LogP) is 6.89. The zero-order chi connectivity index (χ0) is 21.8. The van der Waals surface area contributed by atoms with Gasteiger partial charge in [-0.05, 0) is 60.8 Å². The number of para-hydroxylation sites is 1. The van der Waals surface area contributed by atoms with Gasteiger partial charge in [0.2, 0.25) is 10.7 Å². The van der Waals surface area contributed by atoms with Gasteiger partial charge in [0, 0.05) is 10.0 Å². The van der Waals surface area contributed by atoms with Crippen molar-refractivity contribution in [2.24, 2.45) is 0 Å². The molecule has 0 amide bonds. The predicted molar refractivity (Wildman–Crippen MR) is 137 cm³/mol. The number of halogens is 2. The molecule has 1 heterocycles. The van der Waals surface area contributed by atoms with E-state index in [0.717, 1.165) is 15.7 Å². The van der Waals surface area contributed by atoms with Crippen molar-refractivity contribution in [3.8, 4) is 17.1 Å². The highest BCUT2D eigenvalue weighted by atomic mass is 79.9. The fraction of sp³-hybridized carbons (Fsp3) is 0. The Morgan fingerprint density at radius 2 is 1.55 bits per heavy atom. The van der Waals surface area contributed by atoms with Crippen molar-refractivity contribution in [1.82, 2.24) is 14.5 Å². The van der Waals surface area contributed by atoms with Crippen molar-refractivity contribution in [2.45, 2.75) is 0 Å². The van der Waals surface area contributed by atoms with Gasteiger partial charge >= 0.3 is 0 Å². The summed E-state index contributed by atoms with van der Waals surface area (Å²) in [5.41, 5.74) is 2.34. The lowest BCUT2D eigenvalue weighted by Crippen LogP contribution is -2.23. The van der Waals surface area contributed by atoms with Crippen molar-refractivity contribution in [3.05, 3.63) is 93.1 Å². The highest BCUT2D eigenvalue weighted by Crippen LogP contribution is 2.23. The second-order valence-electron chi connectivity index (χ2n) is 6.39. The minimum absolute atomic E-state index is 0.325. The van der Waals surface area contributed by atoms with E-state index in [1.54, 1.807) is 10.6 Å². The number of nitrogens with one attached hydrogen (secondary N) is 2. The van der Waals surface area contributed by atoms with Crippen LogP contribution in [0.4, 0.5) is 11.6 Å². The van der Waals surface area contributed by atoms with E-state index in [4.69, 9.17) is 41.0 Å². The standard InChI is InChI=1S/C22H15BrClN5S2/c23-15-10-12-16(13-11-15)29-20(28-21(30)25-18-9-5-4-8-17(18)24)26-19(27-22(29)31)14-6-2-1-3-7-14/h1-13H,(H2,25,26,27,28,30,31). The van der Waals surface area contributed by atoms with E-state index in [1.165, 1.54) is 0 Å². The Morgan fingerprint density at radius 1 is 0.871 bits per heavy atom. The molecule has 0 aliphatic carbocycles. The molecule has 0 bridgehead atoms. The minimum atomic E-state index is 0.325. The second-order valence-corrected chi connectivity index (χ2v) is 8.49. The van der Waals surface area contributed by atoms with Gasteiger partial charge in [-0.1, -0.05) is 70.0 Å². The van der Waals surface area contributed by atoms with Gasteiger partial charge in [0.05, 0.1) is 16.4 Å². The number of anilines is 2. The molecule has 0 atom stereocenters. The largest absolute Gasteiger partial charge is 0.331 e. The van der Waals surface area contributed by atoms with Gasteiger partial charge in [-0.3, -0.25) is 4.57 Å². The molecule has 31 heavy (non-hydrogen) atoms. The monoisotopic (exact) mass is 527 g/mol. The quantitative estimate of drug-likeness (QED) is 0.281. The average Bonchev–Trinajstić information content (AvgIpc) is 2.77. The molecule has 154 valence electrons. The first-order chi connectivity index (χ1) is 15.0.